The largest absolute Gasteiger partial charge is 0.390 e. The van der Waals surface area contributed by atoms with Crippen LogP contribution >= 0.6 is 0 Å². The highest BCUT2D eigenvalue weighted by molar-refractivity contribution is 7.89. The third-order valence-corrected chi connectivity index (χ3v) is 5.21. The van der Waals surface area contributed by atoms with E-state index in [1.54, 1.807) is 0 Å². The van der Waals surface area contributed by atoms with Crippen molar-refractivity contribution in [2.24, 2.45) is 5.92 Å². The minimum atomic E-state index is -3.44. The number of H-pyrrole nitrogens is 1. The molecule has 1 aromatic heterocycles. The van der Waals surface area contributed by atoms with Gasteiger partial charge in [0.15, 0.2) is 0 Å². The lowest BCUT2D eigenvalue weighted by Crippen LogP contribution is -2.26. The molecule has 1 saturated carbocycles. The van der Waals surface area contributed by atoms with Crippen LogP contribution in [-0.2, 0) is 16.6 Å². The predicted octanol–water partition coefficient (Wildman–Crippen LogP) is 1.76. The minimum Gasteiger partial charge on any atom is -0.390 e. The van der Waals surface area contributed by atoms with Gasteiger partial charge in [-0.3, -0.25) is 0 Å². The Morgan fingerprint density at radius 2 is 2.05 bits per heavy atom. The highest BCUT2D eigenvalue weighted by Gasteiger charge is 2.17. The summed E-state index contributed by atoms with van der Waals surface area (Å²) in [7, 11) is -3.44. The van der Waals surface area contributed by atoms with Crippen LogP contribution in [0.2, 0.25) is 0 Å². The standard InChI is InChI=1S/C13H22N2O3S/c16-10-12-8-13(9-14-12)19(17,18)15-7-6-11-4-2-1-3-5-11/h8-9,11,14-16H,1-7,10H2. The second-order valence-electron chi connectivity index (χ2n) is 5.21. The van der Waals surface area contributed by atoms with Gasteiger partial charge in [0.2, 0.25) is 10.0 Å². The van der Waals surface area contributed by atoms with Crippen LogP contribution in [0.4, 0.5) is 0 Å². The monoisotopic (exact) mass is 286 g/mol. The topological polar surface area (TPSA) is 82.2 Å². The molecular formula is C13H22N2O3S. The predicted molar refractivity (Wildman–Crippen MR) is 73.1 cm³/mol. The van der Waals surface area contributed by atoms with Crippen molar-refractivity contribution in [3.8, 4) is 0 Å². The molecule has 1 fully saturated rings. The summed E-state index contributed by atoms with van der Waals surface area (Å²) in [6, 6.07) is 1.46. The van der Waals surface area contributed by atoms with Gasteiger partial charge in [0.05, 0.1) is 11.5 Å². The zero-order valence-electron chi connectivity index (χ0n) is 11.1. The number of aliphatic hydroxyl groups excluding tert-OH is 1. The van der Waals surface area contributed by atoms with Gasteiger partial charge in [0.25, 0.3) is 0 Å². The van der Waals surface area contributed by atoms with E-state index in [9.17, 15) is 8.42 Å². The van der Waals surface area contributed by atoms with Crippen molar-refractivity contribution in [3.05, 3.63) is 18.0 Å². The first kappa shape index (κ1) is 14.6. The summed E-state index contributed by atoms with van der Waals surface area (Å²) in [5, 5.41) is 8.92. The smallest absolute Gasteiger partial charge is 0.242 e. The summed E-state index contributed by atoms with van der Waals surface area (Å²) in [5.74, 6) is 0.663. The number of hydrogen-bond acceptors (Lipinski definition) is 3. The Bertz CT molecular complexity index is 490. The first-order valence-electron chi connectivity index (χ1n) is 6.89. The Labute approximate surface area is 114 Å². The van der Waals surface area contributed by atoms with Crippen molar-refractivity contribution >= 4 is 10.0 Å². The van der Waals surface area contributed by atoms with Crippen LogP contribution in [-0.4, -0.2) is 25.1 Å². The van der Waals surface area contributed by atoms with E-state index in [0.717, 1.165) is 6.42 Å². The lowest BCUT2D eigenvalue weighted by molar-refractivity contribution is 0.277. The highest BCUT2D eigenvalue weighted by atomic mass is 32.2. The van der Waals surface area contributed by atoms with E-state index in [1.165, 1.54) is 44.4 Å². The molecule has 0 radical (unpaired) electrons. The number of nitrogens with one attached hydrogen (secondary N) is 2. The van der Waals surface area contributed by atoms with Crippen molar-refractivity contribution in [2.75, 3.05) is 6.54 Å². The Morgan fingerprint density at radius 3 is 2.68 bits per heavy atom. The second kappa shape index (κ2) is 6.54. The van der Waals surface area contributed by atoms with Crippen molar-refractivity contribution in [2.45, 2.75) is 50.0 Å². The molecule has 6 heteroatoms. The molecule has 0 spiro atoms. The first-order valence-corrected chi connectivity index (χ1v) is 8.38. The third-order valence-electron chi connectivity index (χ3n) is 3.77. The SMILES string of the molecule is O=S(=O)(NCCC1CCCCC1)c1c[nH]c(CO)c1. The lowest BCUT2D eigenvalue weighted by atomic mass is 9.87. The first-order chi connectivity index (χ1) is 9.12. The fraction of sp³-hybridized carbons (Fsp3) is 0.692. The van der Waals surface area contributed by atoms with Gasteiger partial charge < -0.3 is 10.1 Å². The number of aromatic nitrogens is 1. The molecule has 2 rings (SSSR count). The van der Waals surface area contributed by atoms with Crippen molar-refractivity contribution in [3.63, 3.8) is 0 Å². The van der Waals surface area contributed by atoms with Crippen LogP contribution in [0.3, 0.4) is 0 Å². The molecule has 0 unspecified atom stereocenters. The molecule has 108 valence electrons. The van der Waals surface area contributed by atoms with Crippen LogP contribution in [0, 0.1) is 5.92 Å². The Kier molecular flexibility index (Phi) is 5.01. The van der Waals surface area contributed by atoms with E-state index >= 15 is 0 Å². The maximum atomic E-state index is 12.0. The van der Waals surface area contributed by atoms with Gasteiger partial charge in [-0.2, -0.15) is 0 Å². The zero-order valence-corrected chi connectivity index (χ0v) is 11.9. The van der Waals surface area contributed by atoms with E-state index in [2.05, 4.69) is 9.71 Å². The van der Waals surface area contributed by atoms with Crippen molar-refractivity contribution < 1.29 is 13.5 Å². The molecule has 0 bridgehead atoms. The summed E-state index contributed by atoms with van der Waals surface area (Å²) in [6.07, 6.45) is 8.63. The third kappa shape index (κ3) is 4.06. The highest BCUT2D eigenvalue weighted by Crippen LogP contribution is 2.25. The van der Waals surface area contributed by atoms with Gasteiger partial charge in [0.1, 0.15) is 0 Å². The number of aliphatic hydroxyl groups is 1. The van der Waals surface area contributed by atoms with E-state index in [-0.39, 0.29) is 11.5 Å². The fourth-order valence-electron chi connectivity index (χ4n) is 2.62. The molecule has 19 heavy (non-hydrogen) atoms. The normalized spacial score (nSPS) is 17.7. The van der Waals surface area contributed by atoms with Crippen LogP contribution in [0.25, 0.3) is 0 Å². The van der Waals surface area contributed by atoms with Gasteiger partial charge in [-0.15, -0.1) is 0 Å². The molecule has 0 amide bonds. The lowest BCUT2D eigenvalue weighted by Gasteiger charge is -2.21. The molecule has 5 nitrogen and oxygen atoms in total. The molecule has 0 aromatic carbocycles. The zero-order chi connectivity index (χ0) is 13.7. The summed E-state index contributed by atoms with van der Waals surface area (Å²) >= 11 is 0. The van der Waals surface area contributed by atoms with E-state index in [1.807, 2.05) is 0 Å². The quantitative estimate of drug-likeness (QED) is 0.745. The average molecular weight is 286 g/mol. The van der Waals surface area contributed by atoms with Crippen LogP contribution in [0.1, 0.15) is 44.2 Å². The average Bonchev–Trinajstić information content (AvgIpc) is 2.89. The molecular weight excluding hydrogens is 264 g/mol. The van der Waals surface area contributed by atoms with Gasteiger partial charge in [0, 0.05) is 18.4 Å². The fourth-order valence-corrected chi connectivity index (χ4v) is 3.69. The second-order valence-corrected chi connectivity index (χ2v) is 6.98. The number of aromatic amines is 1. The van der Waals surface area contributed by atoms with Crippen molar-refractivity contribution in [1.82, 2.24) is 9.71 Å². The van der Waals surface area contributed by atoms with Gasteiger partial charge in [-0.05, 0) is 18.4 Å². The van der Waals surface area contributed by atoms with Crippen LogP contribution in [0.15, 0.2) is 17.2 Å². The summed E-state index contributed by atoms with van der Waals surface area (Å²) in [4.78, 5) is 2.93. The molecule has 1 aliphatic carbocycles. The van der Waals surface area contributed by atoms with Gasteiger partial charge in [-0.1, -0.05) is 32.1 Å². The molecule has 1 aliphatic rings. The van der Waals surface area contributed by atoms with E-state index in [0.29, 0.717) is 18.2 Å². The molecule has 0 aliphatic heterocycles. The Morgan fingerprint density at radius 1 is 1.32 bits per heavy atom. The molecule has 3 N–H and O–H groups in total. The number of hydrogen-bond donors (Lipinski definition) is 3. The molecule has 0 saturated heterocycles. The maximum absolute atomic E-state index is 12.0. The molecule has 1 aromatic rings. The van der Waals surface area contributed by atoms with Gasteiger partial charge in [-0.25, -0.2) is 13.1 Å². The van der Waals surface area contributed by atoms with E-state index < -0.39 is 10.0 Å². The number of sulfonamides is 1. The number of rotatable bonds is 6. The van der Waals surface area contributed by atoms with Gasteiger partial charge >= 0.3 is 0 Å². The van der Waals surface area contributed by atoms with E-state index in [4.69, 9.17) is 5.11 Å². The summed E-state index contributed by atoms with van der Waals surface area (Å²) in [6.45, 7) is 0.310. The molecule has 0 atom stereocenters. The minimum absolute atomic E-state index is 0.183. The van der Waals surface area contributed by atoms with Crippen LogP contribution < -0.4 is 4.72 Å². The maximum Gasteiger partial charge on any atom is 0.242 e. The Hall–Kier alpha value is -0.850. The summed E-state index contributed by atoms with van der Waals surface area (Å²) < 4.78 is 26.6. The van der Waals surface area contributed by atoms with Crippen LogP contribution in [0.5, 0.6) is 0 Å². The van der Waals surface area contributed by atoms with Crippen molar-refractivity contribution in [1.29, 1.82) is 0 Å². The summed E-state index contributed by atoms with van der Waals surface area (Å²) in [5.41, 5.74) is 0.507. The molecule has 1 heterocycles. The Balaban J connectivity index is 1.83.